The van der Waals surface area contributed by atoms with E-state index in [9.17, 15) is 28.1 Å². The topological polar surface area (TPSA) is 99.3 Å². The zero-order chi connectivity index (χ0) is 24.9. The minimum absolute atomic E-state index is 0.00198. The van der Waals surface area contributed by atoms with Crippen LogP contribution < -0.4 is 5.32 Å². The SMILES string of the molecule is Cc1nn(Cc2ccc(C(=O)NCc3ccc(COCC(F)(F)F)cc3)cc2)c(C)c1[N+](=O)[O-]. The summed E-state index contributed by atoms with van der Waals surface area (Å²) in [4.78, 5) is 23.1. The van der Waals surface area contributed by atoms with Gasteiger partial charge >= 0.3 is 11.9 Å². The van der Waals surface area contributed by atoms with E-state index in [-0.39, 0.29) is 24.7 Å². The van der Waals surface area contributed by atoms with Gasteiger partial charge in [-0.1, -0.05) is 36.4 Å². The summed E-state index contributed by atoms with van der Waals surface area (Å²) < 4.78 is 42.6. The molecule has 0 atom stereocenters. The highest BCUT2D eigenvalue weighted by Crippen LogP contribution is 2.22. The maximum absolute atomic E-state index is 12.4. The number of hydrogen-bond acceptors (Lipinski definition) is 5. The van der Waals surface area contributed by atoms with Gasteiger partial charge in [-0.05, 0) is 42.7 Å². The largest absolute Gasteiger partial charge is 0.411 e. The number of nitrogens with one attached hydrogen (secondary N) is 1. The van der Waals surface area contributed by atoms with Gasteiger partial charge in [0.1, 0.15) is 18.0 Å². The molecule has 1 amide bonds. The van der Waals surface area contributed by atoms with E-state index in [1.54, 1.807) is 67.1 Å². The third kappa shape index (κ3) is 6.64. The number of aromatic nitrogens is 2. The summed E-state index contributed by atoms with van der Waals surface area (Å²) in [5.74, 6) is -0.286. The van der Waals surface area contributed by atoms with Crippen molar-refractivity contribution < 1.29 is 27.6 Å². The summed E-state index contributed by atoms with van der Waals surface area (Å²) in [6.07, 6.45) is -4.36. The standard InChI is InChI=1S/C23H23F3N4O4/c1-15-21(30(32)33)16(2)29(28-15)12-18-7-9-20(10-8-18)22(31)27-11-17-3-5-19(6-4-17)13-34-14-23(24,25)26/h3-10H,11-14H2,1-2H3,(H,27,31). The van der Waals surface area contributed by atoms with Crippen molar-refractivity contribution in [2.75, 3.05) is 6.61 Å². The van der Waals surface area contributed by atoms with Gasteiger partial charge in [0.25, 0.3) is 5.91 Å². The van der Waals surface area contributed by atoms with E-state index in [1.165, 1.54) is 0 Å². The van der Waals surface area contributed by atoms with Crippen LogP contribution in [0.4, 0.5) is 18.9 Å². The number of hydrogen-bond donors (Lipinski definition) is 1. The van der Waals surface area contributed by atoms with E-state index in [2.05, 4.69) is 15.2 Å². The van der Waals surface area contributed by atoms with Crippen LogP contribution in [0.25, 0.3) is 0 Å². The van der Waals surface area contributed by atoms with Crippen LogP contribution >= 0.6 is 0 Å². The quantitative estimate of drug-likeness (QED) is 0.363. The van der Waals surface area contributed by atoms with Gasteiger partial charge in [-0.2, -0.15) is 18.3 Å². The monoisotopic (exact) mass is 476 g/mol. The Morgan fingerprint density at radius 2 is 1.65 bits per heavy atom. The second-order valence-corrected chi connectivity index (χ2v) is 7.74. The molecular weight excluding hydrogens is 453 g/mol. The van der Waals surface area contributed by atoms with Crippen molar-refractivity contribution in [1.82, 2.24) is 15.1 Å². The maximum Gasteiger partial charge on any atom is 0.411 e. The van der Waals surface area contributed by atoms with Crippen LogP contribution in [0, 0.1) is 24.0 Å². The smallest absolute Gasteiger partial charge is 0.367 e. The van der Waals surface area contributed by atoms with E-state index < -0.39 is 17.7 Å². The predicted octanol–water partition coefficient (Wildman–Crippen LogP) is 4.47. The Labute approximate surface area is 193 Å². The van der Waals surface area contributed by atoms with Crippen LogP contribution in [0.1, 0.15) is 38.4 Å². The number of benzene rings is 2. The van der Waals surface area contributed by atoms with E-state index in [0.717, 1.165) is 11.1 Å². The number of alkyl halides is 3. The molecular formula is C23H23F3N4O4. The number of nitrogens with zero attached hydrogens (tertiary/aromatic N) is 3. The van der Waals surface area contributed by atoms with Gasteiger partial charge in [-0.15, -0.1) is 0 Å². The van der Waals surface area contributed by atoms with Crippen LogP contribution in [-0.4, -0.2) is 33.4 Å². The third-order valence-corrected chi connectivity index (χ3v) is 5.08. The first-order chi connectivity index (χ1) is 16.0. The summed E-state index contributed by atoms with van der Waals surface area (Å²) in [5, 5.41) is 18.2. The average Bonchev–Trinajstić information content (AvgIpc) is 3.05. The molecule has 0 fully saturated rings. The molecule has 3 rings (SSSR count). The van der Waals surface area contributed by atoms with Crippen molar-refractivity contribution in [2.45, 2.75) is 39.7 Å². The lowest BCUT2D eigenvalue weighted by molar-refractivity contribution is -0.386. The fourth-order valence-electron chi connectivity index (χ4n) is 3.36. The zero-order valence-electron chi connectivity index (χ0n) is 18.6. The predicted molar refractivity (Wildman–Crippen MR) is 117 cm³/mol. The molecule has 2 aromatic carbocycles. The van der Waals surface area contributed by atoms with Crippen LogP contribution in [0.15, 0.2) is 48.5 Å². The number of carbonyl (C=O) groups excluding carboxylic acids is 1. The lowest BCUT2D eigenvalue weighted by Crippen LogP contribution is -2.22. The number of amides is 1. The Kier molecular flexibility index (Phi) is 7.67. The van der Waals surface area contributed by atoms with Crippen LogP contribution in [0.3, 0.4) is 0 Å². The van der Waals surface area contributed by atoms with Gasteiger partial charge in [0.2, 0.25) is 0 Å². The van der Waals surface area contributed by atoms with Gasteiger partial charge < -0.3 is 10.1 Å². The molecule has 1 heterocycles. The first-order valence-corrected chi connectivity index (χ1v) is 10.3. The Morgan fingerprint density at radius 3 is 2.21 bits per heavy atom. The summed E-state index contributed by atoms with van der Waals surface area (Å²) >= 11 is 0. The highest BCUT2D eigenvalue weighted by atomic mass is 19.4. The normalized spacial score (nSPS) is 11.4. The molecule has 0 saturated heterocycles. The maximum atomic E-state index is 12.4. The van der Waals surface area contributed by atoms with Crippen LogP contribution in [-0.2, 0) is 24.4 Å². The molecule has 0 radical (unpaired) electrons. The molecule has 0 saturated carbocycles. The molecule has 0 aliphatic heterocycles. The molecule has 11 heteroatoms. The van der Waals surface area contributed by atoms with Crippen molar-refractivity contribution in [1.29, 1.82) is 0 Å². The van der Waals surface area contributed by atoms with Crippen molar-refractivity contribution in [3.63, 3.8) is 0 Å². The zero-order valence-corrected chi connectivity index (χ0v) is 18.6. The number of nitro groups is 1. The Morgan fingerprint density at radius 1 is 1.06 bits per heavy atom. The second kappa shape index (κ2) is 10.5. The van der Waals surface area contributed by atoms with E-state index in [0.29, 0.717) is 29.1 Å². The van der Waals surface area contributed by atoms with Gasteiger partial charge in [0.15, 0.2) is 0 Å². The molecule has 8 nitrogen and oxygen atoms in total. The van der Waals surface area contributed by atoms with Gasteiger partial charge in [0.05, 0.1) is 18.1 Å². The molecule has 180 valence electrons. The fourth-order valence-corrected chi connectivity index (χ4v) is 3.36. The first-order valence-electron chi connectivity index (χ1n) is 10.3. The van der Waals surface area contributed by atoms with E-state index in [1.807, 2.05) is 0 Å². The lowest BCUT2D eigenvalue weighted by atomic mass is 10.1. The highest BCUT2D eigenvalue weighted by Gasteiger charge is 2.27. The highest BCUT2D eigenvalue weighted by molar-refractivity contribution is 5.94. The van der Waals surface area contributed by atoms with E-state index >= 15 is 0 Å². The van der Waals surface area contributed by atoms with Crippen molar-refractivity contribution in [3.05, 3.63) is 92.3 Å². The number of ether oxygens (including phenoxy) is 1. The summed E-state index contributed by atoms with van der Waals surface area (Å²) in [6, 6.07) is 13.6. The molecule has 0 spiro atoms. The van der Waals surface area contributed by atoms with Gasteiger partial charge in [-0.3, -0.25) is 19.6 Å². The van der Waals surface area contributed by atoms with Crippen LogP contribution in [0.2, 0.25) is 0 Å². The van der Waals surface area contributed by atoms with Gasteiger partial charge in [0, 0.05) is 12.1 Å². The van der Waals surface area contributed by atoms with Crippen molar-refractivity contribution >= 4 is 11.6 Å². The van der Waals surface area contributed by atoms with Gasteiger partial charge in [-0.25, -0.2) is 0 Å². The fraction of sp³-hybridized carbons (Fsp3) is 0.304. The average molecular weight is 476 g/mol. The molecule has 1 N–H and O–H groups in total. The third-order valence-electron chi connectivity index (χ3n) is 5.08. The molecule has 34 heavy (non-hydrogen) atoms. The van der Waals surface area contributed by atoms with Crippen LogP contribution in [0.5, 0.6) is 0 Å². The number of halogens is 3. The first kappa shape index (κ1) is 24.9. The number of carbonyl (C=O) groups is 1. The Bertz CT molecular complexity index is 1160. The summed E-state index contributed by atoms with van der Waals surface area (Å²) in [7, 11) is 0. The minimum Gasteiger partial charge on any atom is -0.367 e. The summed E-state index contributed by atoms with van der Waals surface area (Å²) in [5.41, 5.74) is 3.47. The number of aryl methyl sites for hydroxylation is 1. The summed E-state index contributed by atoms with van der Waals surface area (Å²) in [6.45, 7) is 2.36. The molecule has 1 aromatic heterocycles. The second-order valence-electron chi connectivity index (χ2n) is 7.74. The molecule has 0 aliphatic carbocycles. The molecule has 0 unspecified atom stereocenters. The van der Waals surface area contributed by atoms with Crippen molar-refractivity contribution in [3.8, 4) is 0 Å². The minimum atomic E-state index is -4.36. The Balaban J connectivity index is 1.52. The Hall–Kier alpha value is -3.73. The van der Waals surface area contributed by atoms with Crippen molar-refractivity contribution in [2.24, 2.45) is 0 Å². The molecule has 0 aliphatic rings. The number of rotatable bonds is 9. The molecule has 3 aromatic rings. The molecule has 0 bridgehead atoms. The lowest BCUT2D eigenvalue weighted by Gasteiger charge is -2.09. The van der Waals surface area contributed by atoms with E-state index in [4.69, 9.17) is 0 Å².